The third-order valence-electron chi connectivity index (χ3n) is 2.06. The van der Waals surface area contributed by atoms with Crippen LogP contribution in [-0.2, 0) is 17.9 Å². The first-order valence-electron chi connectivity index (χ1n) is 5.01. The van der Waals surface area contributed by atoms with Crippen LogP contribution >= 0.6 is 11.3 Å². The first-order valence-corrected chi connectivity index (χ1v) is 5.82. The van der Waals surface area contributed by atoms with E-state index < -0.39 is 0 Å². The van der Waals surface area contributed by atoms with Crippen molar-refractivity contribution in [2.45, 2.75) is 39.0 Å². The van der Waals surface area contributed by atoms with Crippen LogP contribution in [0.3, 0.4) is 0 Å². The molecule has 5 heteroatoms. The monoisotopic (exact) mass is 213 g/mol. The second-order valence-electron chi connectivity index (χ2n) is 3.38. The van der Waals surface area contributed by atoms with Crippen LogP contribution in [0.5, 0.6) is 0 Å². The second kappa shape index (κ2) is 4.82. The highest BCUT2D eigenvalue weighted by atomic mass is 32.1. The third kappa shape index (κ3) is 3.01. The van der Waals surface area contributed by atoms with Gasteiger partial charge in [0.15, 0.2) is 0 Å². The van der Waals surface area contributed by atoms with Gasteiger partial charge in [0.25, 0.3) is 0 Å². The molecule has 0 amide bonds. The van der Waals surface area contributed by atoms with Crippen LogP contribution in [0.2, 0.25) is 0 Å². The Balaban J connectivity index is 1.76. The molecule has 1 aliphatic carbocycles. The maximum atomic E-state index is 5.26. The van der Waals surface area contributed by atoms with Gasteiger partial charge >= 0.3 is 0 Å². The smallest absolute Gasteiger partial charge is 0.143 e. The van der Waals surface area contributed by atoms with E-state index in [1.807, 2.05) is 6.92 Å². The molecule has 1 saturated carbocycles. The molecule has 0 spiro atoms. The van der Waals surface area contributed by atoms with Gasteiger partial charge in [0, 0.05) is 19.2 Å². The minimum atomic E-state index is 0.595. The predicted octanol–water partition coefficient (Wildman–Crippen LogP) is 1.33. The molecule has 1 heterocycles. The molecule has 0 aliphatic heterocycles. The zero-order valence-corrected chi connectivity index (χ0v) is 9.14. The molecule has 14 heavy (non-hydrogen) atoms. The van der Waals surface area contributed by atoms with E-state index >= 15 is 0 Å². The minimum absolute atomic E-state index is 0.595. The summed E-state index contributed by atoms with van der Waals surface area (Å²) in [6.07, 6.45) is 2.62. The maximum absolute atomic E-state index is 5.26. The van der Waals surface area contributed by atoms with Crippen LogP contribution in [0.15, 0.2) is 0 Å². The van der Waals surface area contributed by atoms with E-state index in [1.54, 1.807) is 11.3 Å². The van der Waals surface area contributed by atoms with Crippen LogP contribution in [0.25, 0.3) is 0 Å². The summed E-state index contributed by atoms with van der Waals surface area (Å²) in [6.45, 7) is 4.16. The van der Waals surface area contributed by atoms with E-state index in [4.69, 9.17) is 4.74 Å². The molecule has 1 aromatic heterocycles. The van der Waals surface area contributed by atoms with Crippen LogP contribution in [-0.4, -0.2) is 22.8 Å². The molecule has 0 unspecified atom stereocenters. The quantitative estimate of drug-likeness (QED) is 0.774. The number of nitrogens with zero attached hydrogens (tertiary/aromatic N) is 2. The van der Waals surface area contributed by atoms with Crippen molar-refractivity contribution >= 4 is 11.3 Å². The Bertz CT molecular complexity index is 285. The van der Waals surface area contributed by atoms with Crippen LogP contribution in [0.1, 0.15) is 29.8 Å². The largest absolute Gasteiger partial charge is 0.374 e. The fourth-order valence-electron chi connectivity index (χ4n) is 1.13. The van der Waals surface area contributed by atoms with Crippen molar-refractivity contribution in [3.05, 3.63) is 10.0 Å². The zero-order chi connectivity index (χ0) is 9.80. The van der Waals surface area contributed by atoms with Gasteiger partial charge in [0.1, 0.15) is 16.6 Å². The van der Waals surface area contributed by atoms with Crippen molar-refractivity contribution < 1.29 is 4.74 Å². The standard InChI is InChI=1S/C9H15N3OS/c1-2-13-6-9-12-11-8(14-9)5-10-7-3-4-7/h7,10H,2-6H2,1H3. The lowest BCUT2D eigenvalue weighted by Crippen LogP contribution is -2.14. The van der Waals surface area contributed by atoms with Gasteiger partial charge < -0.3 is 10.1 Å². The van der Waals surface area contributed by atoms with Crippen molar-refractivity contribution in [2.24, 2.45) is 0 Å². The molecule has 1 N–H and O–H groups in total. The van der Waals surface area contributed by atoms with Crippen LogP contribution < -0.4 is 5.32 Å². The molecule has 0 bridgehead atoms. The molecule has 0 atom stereocenters. The van der Waals surface area contributed by atoms with Gasteiger partial charge in [-0.3, -0.25) is 0 Å². The fraction of sp³-hybridized carbons (Fsp3) is 0.778. The molecular weight excluding hydrogens is 198 g/mol. The molecule has 1 aromatic rings. The van der Waals surface area contributed by atoms with Gasteiger partial charge in [0.2, 0.25) is 0 Å². The summed E-state index contributed by atoms with van der Waals surface area (Å²) in [7, 11) is 0. The number of aromatic nitrogens is 2. The van der Waals surface area contributed by atoms with E-state index in [0.29, 0.717) is 6.61 Å². The first kappa shape index (κ1) is 10.0. The van der Waals surface area contributed by atoms with E-state index in [-0.39, 0.29) is 0 Å². The third-order valence-corrected chi connectivity index (χ3v) is 2.95. The van der Waals surface area contributed by atoms with E-state index in [2.05, 4.69) is 15.5 Å². The predicted molar refractivity (Wildman–Crippen MR) is 55.1 cm³/mol. The lowest BCUT2D eigenvalue weighted by Gasteiger charge is -1.96. The molecule has 1 fully saturated rings. The van der Waals surface area contributed by atoms with Crippen molar-refractivity contribution in [3.8, 4) is 0 Å². The Labute approximate surface area is 87.7 Å². The highest BCUT2D eigenvalue weighted by Crippen LogP contribution is 2.20. The Morgan fingerprint density at radius 2 is 2.21 bits per heavy atom. The average Bonchev–Trinajstić information content (AvgIpc) is 2.92. The molecule has 78 valence electrons. The number of nitrogens with one attached hydrogen (secondary N) is 1. The summed E-state index contributed by atoms with van der Waals surface area (Å²) in [5.41, 5.74) is 0. The highest BCUT2D eigenvalue weighted by Gasteiger charge is 2.20. The van der Waals surface area contributed by atoms with Crippen LogP contribution in [0.4, 0.5) is 0 Å². The molecule has 0 aromatic carbocycles. The van der Waals surface area contributed by atoms with E-state index in [1.165, 1.54) is 12.8 Å². The van der Waals surface area contributed by atoms with Gasteiger partial charge in [-0.25, -0.2) is 0 Å². The minimum Gasteiger partial charge on any atom is -0.374 e. The van der Waals surface area contributed by atoms with Crippen molar-refractivity contribution in [1.82, 2.24) is 15.5 Å². The molecule has 2 rings (SSSR count). The van der Waals surface area contributed by atoms with Crippen molar-refractivity contribution in [3.63, 3.8) is 0 Å². The maximum Gasteiger partial charge on any atom is 0.143 e. The Kier molecular flexibility index (Phi) is 3.44. The summed E-state index contributed by atoms with van der Waals surface area (Å²) in [5.74, 6) is 0. The number of hydrogen-bond acceptors (Lipinski definition) is 5. The lowest BCUT2D eigenvalue weighted by molar-refractivity contribution is 0.133. The highest BCUT2D eigenvalue weighted by molar-refractivity contribution is 7.11. The fourth-order valence-corrected chi connectivity index (χ4v) is 1.86. The summed E-state index contributed by atoms with van der Waals surface area (Å²) in [5, 5.41) is 13.6. The van der Waals surface area contributed by atoms with Gasteiger partial charge in [-0.2, -0.15) is 0 Å². The van der Waals surface area contributed by atoms with Gasteiger partial charge in [-0.1, -0.05) is 11.3 Å². The molecule has 1 aliphatic rings. The Morgan fingerprint density at radius 1 is 1.43 bits per heavy atom. The Hall–Kier alpha value is -0.520. The number of ether oxygens (including phenoxy) is 1. The summed E-state index contributed by atoms with van der Waals surface area (Å²) < 4.78 is 5.26. The molecule has 0 saturated heterocycles. The average molecular weight is 213 g/mol. The van der Waals surface area contributed by atoms with E-state index in [9.17, 15) is 0 Å². The zero-order valence-electron chi connectivity index (χ0n) is 8.32. The topological polar surface area (TPSA) is 47.0 Å². The summed E-state index contributed by atoms with van der Waals surface area (Å²) in [6, 6.07) is 0.731. The Morgan fingerprint density at radius 3 is 2.93 bits per heavy atom. The molecule has 0 radical (unpaired) electrons. The summed E-state index contributed by atoms with van der Waals surface area (Å²) >= 11 is 1.63. The van der Waals surface area contributed by atoms with Gasteiger partial charge in [-0.05, 0) is 19.8 Å². The second-order valence-corrected chi connectivity index (χ2v) is 4.53. The SMILES string of the molecule is CCOCc1nnc(CNC2CC2)s1. The van der Waals surface area contributed by atoms with E-state index in [0.717, 1.165) is 29.2 Å². The van der Waals surface area contributed by atoms with Gasteiger partial charge in [-0.15, -0.1) is 10.2 Å². The van der Waals surface area contributed by atoms with Crippen molar-refractivity contribution in [1.29, 1.82) is 0 Å². The number of hydrogen-bond donors (Lipinski definition) is 1. The first-order chi connectivity index (χ1) is 6.88. The van der Waals surface area contributed by atoms with Crippen LogP contribution in [0, 0.1) is 0 Å². The van der Waals surface area contributed by atoms with Gasteiger partial charge in [0.05, 0.1) is 0 Å². The normalized spacial score (nSPS) is 16.1. The van der Waals surface area contributed by atoms with Crippen molar-refractivity contribution in [2.75, 3.05) is 6.61 Å². The summed E-state index contributed by atoms with van der Waals surface area (Å²) in [4.78, 5) is 0. The lowest BCUT2D eigenvalue weighted by atomic mass is 10.6. The molecular formula is C9H15N3OS. The molecule has 4 nitrogen and oxygen atoms in total. The number of rotatable bonds is 6.